The molecule has 1 aliphatic carbocycles. The Hall–Kier alpha value is -1.18. The van der Waals surface area contributed by atoms with Crippen LogP contribution in [-0.2, 0) is 0 Å². The minimum Gasteiger partial charge on any atom is -0.478 e. The number of halogens is 1. The maximum Gasteiger partial charge on any atom is 0.337 e. The van der Waals surface area contributed by atoms with Crippen molar-refractivity contribution < 1.29 is 9.90 Å². The van der Waals surface area contributed by atoms with Gasteiger partial charge in [-0.3, -0.25) is 0 Å². The van der Waals surface area contributed by atoms with Crippen molar-refractivity contribution in [3.05, 3.63) is 28.8 Å². The highest BCUT2D eigenvalue weighted by Gasteiger charge is 2.42. The third-order valence-electron chi connectivity index (χ3n) is 3.12. The predicted octanol–water partition coefficient (Wildman–Crippen LogP) is 3.82. The number of rotatable bonds is 5. The molecule has 1 aromatic rings. The SMILES string of the molecule is N#CCC1(CSc2ccc(Cl)c(C(=O)O)c2)CC1. The number of nitriles is 1. The fraction of sp³-hybridized carbons (Fsp3) is 0.385. The van der Waals surface area contributed by atoms with Gasteiger partial charge in [-0.15, -0.1) is 11.8 Å². The molecule has 1 aliphatic rings. The average molecular weight is 282 g/mol. The summed E-state index contributed by atoms with van der Waals surface area (Å²) in [5.41, 5.74) is 0.286. The lowest BCUT2D eigenvalue weighted by Gasteiger charge is -2.10. The van der Waals surface area contributed by atoms with Crippen LogP contribution < -0.4 is 0 Å². The van der Waals surface area contributed by atoms with Gasteiger partial charge in [0.25, 0.3) is 0 Å². The highest BCUT2D eigenvalue weighted by atomic mass is 35.5. The largest absolute Gasteiger partial charge is 0.478 e. The highest BCUT2D eigenvalue weighted by Crippen LogP contribution is 2.51. The van der Waals surface area contributed by atoms with Crippen LogP contribution >= 0.6 is 23.4 Å². The minimum atomic E-state index is -1.01. The van der Waals surface area contributed by atoms with E-state index in [4.69, 9.17) is 22.0 Å². The van der Waals surface area contributed by atoms with E-state index in [1.165, 1.54) is 0 Å². The van der Waals surface area contributed by atoms with Crippen molar-refractivity contribution in [1.29, 1.82) is 5.26 Å². The van der Waals surface area contributed by atoms with Crippen molar-refractivity contribution in [2.45, 2.75) is 24.2 Å². The molecule has 0 bridgehead atoms. The number of carbonyl (C=O) groups is 1. The first kappa shape index (κ1) is 13.3. The third-order valence-corrected chi connectivity index (χ3v) is 4.80. The second-order valence-corrected chi connectivity index (χ2v) is 6.03. The number of hydrogen-bond acceptors (Lipinski definition) is 3. The van der Waals surface area contributed by atoms with E-state index in [2.05, 4.69) is 6.07 Å². The van der Waals surface area contributed by atoms with Gasteiger partial charge < -0.3 is 5.11 Å². The molecule has 0 atom stereocenters. The maximum absolute atomic E-state index is 11.0. The van der Waals surface area contributed by atoms with Crippen molar-refractivity contribution in [2.75, 3.05) is 5.75 Å². The molecule has 0 unspecified atom stereocenters. The van der Waals surface area contributed by atoms with Gasteiger partial charge in [0.15, 0.2) is 0 Å². The summed E-state index contributed by atoms with van der Waals surface area (Å²) >= 11 is 7.41. The quantitative estimate of drug-likeness (QED) is 0.833. The van der Waals surface area contributed by atoms with Gasteiger partial charge in [0, 0.05) is 17.1 Å². The summed E-state index contributed by atoms with van der Waals surface area (Å²) in [6, 6.07) is 7.24. The number of thioether (sulfide) groups is 1. The van der Waals surface area contributed by atoms with E-state index in [0.29, 0.717) is 6.42 Å². The number of benzene rings is 1. The van der Waals surface area contributed by atoms with Crippen molar-refractivity contribution in [2.24, 2.45) is 5.41 Å². The molecule has 0 radical (unpaired) electrons. The van der Waals surface area contributed by atoms with E-state index >= 15 is 0 Å². The molecule has 2 rings (SSSR count). The van der Waals surface area contributed by atoms with E-state index in [9.17, 15) is 4.79 Å². The predicted molar refractivity (Wildman–Crippen MR) is 71.0 cm³/mol. The normalized spacial score (nSPS) is 16.0. The van der Waals surface area contributed by atoms with E-state index in [-0.39, 0.29) is 16.0 Å². The molecule has 0 saturated heterocycles. The van der Waals surface area contributed by atoms with Gasteiger partial charge in [0.2, 0.25) is 0 Å². The second-order valence-electron chi connectivity index (χ2n) is 4.57. The molecule has 1 N–H and O–H groups in total. The molecule has 0 aromatic heterocycles. The Morgan fingerprint density at radius 1 is 1.56 bits per heavy atom. The van der Waals surface area contributed by atoms with Crippen LogP contribution in [0.3, 0.4) is 0 Å². The average Bonchev–Trinajstić information content (AvgIpc) is 3.08. The topological polar surface area (TPSA) is 61.1 Å². The Morgan fingerprint density at radius 3 is 2.83 bits per heavy atom. The lowest BCUT2D eigenvalue weighted by atomic mass is 10.1. The summed E-state index contributed by atoms with van der Waals surface area (Å²) in [5.74, 6) is -0.151. The number of carboxylic acid groups (broad SMARTS) is 1. The molecule has 1 fully saturated rings. The summed E-state index contributed by atoms with van der Waals surface area (Å²) in [6.45, 7) is 0. The maximum atomic E-state index is 11.0. The van der Waals surface area contributed by atoms with Gasteiger partial charge >= 0.3 is 5.97 Å². The van der Waals surface area contributed by atoms with Gasteiger partial charge in [-0.1, -0.05) is 11.6 Å². The molecular weight excluding hydrogens is 270 g/mol. The molecule has 1 saturated carbocycles. The number of carboxylic acids is 1. The van der Waals surface area contributed by atoms with Crippen LogP contribution in [0.5, 0.6) is 0 Å². The Labute approximate surface area is 115 Å². The minimum absolute atomic E-state index is 0.131. The van der Waals surface area contributed by atoms with Gasteiger partial charge in [-0.2, -0.15) is 5.26 Å². The first-order valence-electron chi connectivity index (χ1n) is 5.59. The van der Waals surface area contributed by atoms with Gasteiger partial charge in [0.1, 0.15) is 0 Å². The van der Waals surface area contributed by atoms with Crippen LogP contribution in [0.25, 0.3) is 0 Å². The number of aromatic carboxylic acids is 1. The summed E-state index contributed by atoms with van der Waals surface area (Å²) in [6.07, 6.45) is 2.76. The molecule has 3 nitrogen and oxygen atoms in total. The molecule has 1 aromatic carbocycles. The third kappa shape index (κ3) is 2.98. The second kappa shape index (κ2) is 5.21. The van der Waals surface area contributed by atoms with E-state index in [0.717, 1.165) is 23.5 Å². The Kier molecular flexibility index (Phi) is 3.84. The zero-order valence-corrected chi connectivity index (χ0v) is 11.2. The van der Waals surface area contributed by atoms with Crippen molar-refractivity contribution in [3.8, 4) is 6.07 Å². The molecule has 18 heavy (non-hydrogen) atoms. The fourth-order valence-electron chi connectivity index (χ4n) is 1.71. The standard InChI is InChI=1S/C13H12ClNO2S/c14-11-2-1-9(7-10(11)12(16)17)18-8-13(3-4-13)5-6-15/h1-2,7H,3-5,8H2,(H,16,17). The zero-order valence-electron chi connectivity index (χ0n) is 9.65. The molecule has 0 spiro atoms. The molecule has 0 amide bonds. The van der Waals surface area contributed by atoms with Crippen LogP contribution in [0.15, 0.2) is 23.1 Å². The van der Waals surface area contributed by atoms with E-state index in [1.54, 1.807) is 23.9 Å². The Bertz CT molecular complexity index is 520. The van der Waals surface area contributed by atoms with Crippen molar-refractivity contribution in [1.82, 2.24) is 0 Å². The fourth-order valence-corrected chi connectivity index (χ4v) is 3.14. The molecule has 0 heterocycles. The lowest BCUT2D eigenvalue weighted by molar-refractivity contribution is 0.0697. The first-order chi connectivity index (χ1) is 8.56. The zero-order chi connectivity index (χ0) is 13.2. The smallest absolute Gasteiger partial charge is 0.337 e. The summed E-state index contributed by atoms with van der Waals surface area (Å²) in [7, 11) is 0. The van der Waals surface area contributed by atoms with E-state index in [1.807, 2.05) is 6.07 Å². The Balaban J connectivity index is 2.05. The highest BCUT2D eigenvalue weighted by molar-refractivity contribution is 7.99. The summed E-state index contributed by atoms with van der Waals surface area (Å²) in [5, 5.41) is 18.0. The van der Waals surface area contributed by atoms with Crippen LogP contribution in [-0.4, -0.2) is 16.8 Å². The monoisotopic (exact) mass is 281 g/mol. The van der Waals surface area contributed by atoms with Crippen LogP contribution in [0.1, 0.15) is 29.6 Å². The molecule has 94 valence electrons. The summed E-state index contributed by atoms with van der Waals surface area (Å²) in [4.78, 5) is 11.8. The molecule has 0 aliphatic heterocycles. The number of hydrogen-bond donors (Lipinski definition) is 1. The van der Waals surface area contributed by atoms with Crippen molar-refractivity contribution in [3.63, 3.8) is 0 Å². The van der Waals surface area contributed by atoms with Crippen molar-refractivity contribution >= 4 is 29.3 Å². The van der Waals surface area contributed by atoms with Crippen LogP contribution in [0.4, 0.5) is 0 Å². The molecule has 5 heteroatoms. The number of nitrogens with zero attached hydrogens (tertiary/aromatic N) is 1. The summed E-state index contributed by atoms with van der Waals surface area (Å²) < 4.78 is 0. The first-order valence-corrected chi connectivity index (χ1v) is 6.95. The lowest BCUT2D eigenvalue weighted by Crippen LogP contribution is -2.03. The molecular formula is C13H12ClNO2S. The van der Waals surface area contributed by atoms with Crippen LogP contribution in [0, 0.1) is 16.7 Å². The van der Waals surface area contributed by atoms with Gasteiger partial charge in [0.05, 0.1) is 16.7 Å². The Morgan fingerprint density at radius 2 is 2.28 bits per heavy atom. The van der Waals surface area contributed by atoms with Crippen LogP contribution in [0.2, 0.25) is 5.02 Å². The van der Waals surface area contributed by atoms with Gasteiger partial charge in [-0.05, 0) is 36.5 Å². The van der Waals surface area contributed by atoms with E-state index < -0.39 is 5.97 Å². The van der Waals surface area contributed by atoms with Gasteiger partial charge in [-0.25, -0.2) is 4.79 Å².